The van der Waals surface area contributed by atoms with Crippen molar-refractivity contribution in [1.82, 2.24) is 0 Å². The molecule has 0 radical (unpaired) electrons. The number of hydrogen-bond acceptors (Lipinski definition) is 6. The van der Waals surface area contributed by atoms with Crippen LogP contribution in [-0.2, 0) is 28.7 Å². The summed E-state index contributed by atoms with van der Waals surface area (Å²) < 4.78 is 5.43. The second-order valence-electron chi connectivity index (χ2n) is 6.70. The Bertz CT molecular complexity index is 505. The van der Waals surface area contributed by atoms with Crippen molar-refractivity contribution < 1.29 is 28.7 Å². The molecule has 2 aliphatic rings. The van der Waals surface area contributed by atoms with Gasteiger partial charge in [0.05, 0.1) is 12.8 Å². The van der Waals surface area contributed by atoms with E-state index in [-0.39, 0.29) is 54.7 Å². The highest BCUT2D eigenvalue weighted by Gasteiger charge is 2.44. The monoisotopic (exact) mass is 322 g/mol. The van der Waals surface area contributed by atoms with Crippen LogP contribution in [0.15, 0.2) is 0 Å². The Hall–Kier alpha value is -1.69. The van der Waals surface area contributed by atoms with Gasteiger partial charge in [0.1, 0.15) is 28.7 Å². The fourth-order valence-corrected chi connectivity index (χ4v) is 3.72. The van der Waals surface area contributed by atoms with Crippen LogP contribution in [0.2, 0.25) is 0 Å². The summed E-state index contributed by atoms with van der Waals surface area (Å²) >= 11 is 0. The number of ether oxygens (including phenoxy) is 1. The second kappa shape index (κ2) is 7.25. The molecule has 0 bridgehead atoms. The van der Waals surface area contributed by atoms with Gasteiger partial charge in [0, 0.05) is 38.7 Å². The quantitative estimate of drug-likeness (QED) is 0.539. The number of hydrogen-bond donors (Lipinski definition) is 0. The number of carbonyl (C=O) groups is 5. The third-order valence-electron chi connectivity index (χ3n) is 4.98. The lowest BCUT2D eigenvalue weighted by Gasteiger charge is -2.37. The Morgan fingerprint density at radius 3 is 1.87 bits per heavy atom. The molecule has 0 aromatic rings. The summed E-state index contributed by atoms with van der Waals surface area (Å²) in [6, 6.07) is 0. The van der Waals surface area contributed by atoms with E-state index in [4.69, 9.17) is 4.74 Å². The van der Waals surface area contributed by atoms with Crippen LogP contribution in [0.5, 0.6) is 0 Å². The summed E-state index contributed by atoms with van der Waals surface area (Å²) in [5.41, 5.74) is -1.20. The first-order valence-electron chi connectivity index (χ1n) is 7.97. The lowest BCUT2D eigenvalue weighted by Crippen LogP contribution is -2.46. The van der Waals surface area contributed by atoms with E-state index in [2.05, 4.69) is 0 Å². The van der Waals surface area contributed by atoms with Crippen LogP contribution < -0.4 is 0 Å². The highest BCUT2D eigenvalue weighted by atomic mass is 16.5. The highest BCUT2D eigenvalue weighted by molar-refractivity contribution is 6.02. The molecule has 2 aliphatic carbocycles. The second-order valence-corrected chi connectivity index (χ2v) is 6.70. The minimum Gasteiger partial charge on any atom is -0.370 e. The molecule has 0 saturated heterocycles. The van der Waals surface area contributed by atoms with E-state index >= 15 is 0 Å². The predicted octanol–water partition coefficient (Wildman–Crippen LogP) is 1.23. The molecule has 0 N–H and O–H groups in total. The van der Waals surface area contributed by atoms with Gasteiger partial charge < -0.3 is 9.53 Å². The van der Waals surface area contributed by atoms with Crippen LogP contribution >= 0.6 is 0 Å². The Labute approximate surface area is 134 Å². The normalized spacial score (nSPS) is 23.9. The number of carbonyl (C=O) groups excluding carboxylic acids is 5. The van der Waals surface area contributed by atoms with Gasteiger partial charge in [-0.3, -0.25) is 19.2 Å². The van der Waals surface area contributed by atoms with Crippen molar-refractivity contribution in [3.63, 3.8) is 0 Å². The molecule has 0 aliphatic heterocycles. The summed E-state index contributed by atoms with van der Waals surface area (Å²) in [7, 11) is 1.40. The minimum atomic E-state index is -1.20. The summed E-state index contributed by atoms with van der Waals surface area (Å²) in [5, 5.41) is 0. The summed E-state index contributed by atoms with van der Waals surface area (Å²) in [4.78, 5) is 58.1. The van der Waals surface area contributed by atoms with Crippen molar-refractivity contribution in [1.29, 1.82) is 0 Å². The van der Waals surface area contributed by atoms with E-state index in [9.17, 15) is 24.0 Å². The molecule has 0 aromatic carbocycles. The van der Waals surface area contributed by atoms with E-state index in [0.717, 1.165) is 0 Å². The summed E-state index contributed by atoms with van der Waals surface area (Å²) in [6.45, 7) is 0. The number of rotatable bonds is 6. The SMILES string of the molecule is COC(C=O)(CCC1CC(=O)CC(=O)C1)C1CC(=O)CC(=O)C1. The van der Waals surface area contributed by atoms with Crippen molar-refractivity contribution >= 4 is 29.4 Å². The van der Waals surface area contributed by atoms with Crippen LogP contribution in [0.4, 0.5) is 0 Å². The van der Waals surface area contributed by atoms with Crippen LogP contribution in [0.1, 0.15) is 51.4 Å². The maximum atomic E-state index is 11.7. The Morgan fingerprint density at radius 1 is 0.957 bits per heavy atom. The smallest absolute Gasteiger partial charge is 0.152 e. The molecule has 126 valence electrons. The fraction of sp³-hybridized carbons (Fsp3) is 0.706. The molecule has 2 rings (SSSR count). The van der Waals surface area contributed by atoms with Crippen molar-refractivity contribution in [2.24, 2.45) is 11.8 Å². The average molecular weight is 322 g/mol. The van der Waals surface area contributed by atoms with Crippen LogP contribution in [0.3, 0.4) is 0 Å². The molecule has 2 saturated carbocycles. The number of ketones is 4. The third kappa shape index (κ3) is 4.19. The maximum absolute atomic E-state index is 11.7. The molecule has 2 fully saturated rings. The van der Waals surface area contributed by atoms with Gasteiger partial charge in [0.15, 0.2) is 6.29 Å². The topological polar surface area (TPSA) is 94.6 Å². The zero-order valence-corrected chi connectivity index (χ0v) is 13.3. The van der Waals surface area contributed by atoms with Gasteiger partial charge in [-0.25, -0.2) is 0 Å². The first-order valence-corrected chi connectivity index (χ1v) is 7.97. The van der Waals surface area contributed by atoms with Gasteiger partial charge in [0.25, 0.3) is 0 Å². The first-order chi connectivity index (χ1) is 10.9. The standard InChI is InChI=1S/C17H22O6/c1-23-17(10-18,12-6-15(21)9-16(22)7-12)3-2-11-4-13(19)8-14(20)5-11/h10-12H,2-9H2,1H3. The molecular formula is C17H22O6. The van der Waals surface area contributed by atoms with Gasteiger partial charge in [-0.1, -0.05) is 0 Å². The zero-order chi connectivity index (χ0) is 17.0. The van der Waals surface area contributed by atoms with Crippen LogP contribution in [0, 0.1) is 11.8 Å². The lowest BCUT2D eigenvalue weighted by molar-refractivity contribution is -0.146. The number of aldehydes is 1. The van der Waals surface area contributed by atoms with Crippen LogP contribution in [-0.4, -0.2) is 42.1 Å². The van der Waals surface area contributed by atoms with E-state index in [1.54, 1.807) is 0 Å². The van der Waals surface area contributed by atoms with Gasteiger partial charge in [-0.05, 0) is 18.8 Å². The minimum absolute atomic E-state index is 0.00519. The van der Waals surface area contributed by atoms with Crippen LogP contribution in [0.25, 0.3) is 0 Å². The third-order valence-corrected chi connectivity index (χ3v) is 4.98. The van der Waals surface area contributed by atoms with Gasteiger partial charge in [0.2, 0.25) is 0 Å². The van der Waals surface area contributed by atoms with Gasteiger partial charge in [-0.2, -0.15) is 0 Å². The van der Waals surface area contributed by atoms with Crippen molar-refractivity contribution in [3.05, 3.63) is 0 Å². The number of methoxy groups -OCH3 is 1. The lowest BCUT2D eigenvalue weighted by atomic mass is 9.72. The molecule has 6 nitrogen and oxygen atoms in total. The molecule has 0 amide bonds. The molecule has 0 spiro atoms. The molecule has 1 atom stereocenters. The van der Waals surface area contributed by atoms with Gasteiger partial charge in [-0.15, -0.1) is 0 Å². The Kier molecular flexibility index (Phi) is 5.57. The van der Waals surface area contributed by atoms with E-state index < -0.39 is 11.5 Å². The molecule has 0 aromatic heterocycles. The molecule has 23 heavy (non-hydrogen) atoms. The average Bonchev–Trinajstić information content (AvgIpc) is 2.47. The Morgan fingerprint density at radius 2 is 1.43 bits per heavy atom. The van der Waals surface area contributed by atoms with Crippen molar-refractivity contribution in [3.8, 4) is 0 Å². The first kappa shape index (κ1) is 17.7. The maximum Gasteiger partial charge on any atom is 0.152 e. The molecule has 6 heteroatoms. The van der Waals surface area contributed by atoms with Crippen molar-refractivity contribution in [2.45, 2.75) is 57.0 Å². The predicted molar refractivity (Wildman–Crippen MR) is 79.7 cm³/mol. The van der Waals surface area contributed by atoms with E-state index in [1.807, 2.05) is 0 Å². The molecule has 1 unspecified atom stereocenters. The Balaban J connectivity index is 2.06. The van der Waals surface area contributed by atoms with E-state index in [0.29, 0.717) is 32.0 Å². The van der Waals surface area contributed by atoms with Crippen molar-refractivity contribution in [2.75, 3.05) is 7.11 Å². The molecule has 0 heterocycles. The summed E-state index contributed by atoms with van der Waals surface area (Å²) in [5.74, 6) is -1.02. The van der Waals surface area contributed by atoms with E-state index in [1.165, 1.54) is 7.11 Å². The number of Topliss-reactive ketones (excluding diaryl/α,β-unsaturated/α-hetero) is 4. The largest absolute Gasteiger partial charge is 0.370 e. The van der Waals surface area contributed by atoms with Gasteiger partial charge >= 0.3 is 0 Å². The highest BCUT2D eigenvalue weighted by Crippen LogP contribution is 2.36. The fourth-order valence-electron chi connectivity index (χ4n) is 3.72. The molecular weight excluding hydrogens is 300 g/mol. The zero-order valence-electron chi connectivity index (χ0n) is 13.3. The summed E-state index contributed by atoms with van der Waals surface area (Å²) in [6.07, 6.45) is 2.40.